The number of carboxylic acid groups (broad SMARTS) is 2. The van der Waals surface area contributed by atoms with Crippen LogP contribution in [0.4, 0.5) is 0 Å². The first-order chi connectivity index (χ1) is 5.77. The first kappa shape index (κ1) is 14.4. The summed E-state index contributed by atoms with van der Waals surface area (Å²) in [5.41, 5.74) is 0. The Kier molecular flexibility index (Phi) is 8.40. The zero-order valence-electron chi connectivity index (χ0n) is 6.80. The fraction of sp³-hybridized carbons (Fsp3) is 0.500. The number of carbonyl (C=O) groups excluding carboxylic acids is 1. The van der Waals surface area contributed by atoms with Gasteiger partial charge in [0.15, 0.2) is 11.2 Å². The van der Waals surface area contributed by atoms with Gasteiger partial charge in [0.1, 0.15) is 0 Å². The van der Waals surface area contributed by atoms with Gasteiger partial charge in [-0.1, -0.05) is 0 Å². The summed E-state index contributed by atoms with van der Waals surface area (Å²) in [4.78, 5) is 28.7. The molecule has 76 valence electrons. The summed E-state index contributed by atoms with van der Waals surface area (Å²) in [6.45, 7) is 1.39. The molecule has 0 spiro atoms. The fourth-order valence-electron chi connectivity index (χ4n) is 0.253. The number of thiol groups is 1. The minimum Gasteiger partial charge on any atom is -0.481 e. The zero-order chi connectivity index (χ0) is 11.0. The van der Waals surface area contributed by atoms with Crippen molar-refractivity contribution in [2.75, 3.05) is 0 Å². The second kappa shape index (κ2) is 7.56. The maximum absolute atomic E-state index is 9.72. The van der Waals surface area contributed by atoms with E-state index in [2.05, 4.69) is 12.6 Å². The normalized spacial score (nSPS) is 10.7. The third-order valence-corrected chi connectivity index (χ3v) is 0.653. The standard InChI is InChI=1S/C4H6O5.C2H4OS/c5-2(4(8)9)1-3(6)7;1-2(3)4/h2,5H,1H2,(H,6,7)(H,8,9);1H3,(H,3,4). The number of aliphatic hydroxyl groups is 1. The fourth-order valence-corrected chi connectivity index (χ4v) is 0.253. The molecule has 0 amide bonds. The molecule has 0 aromatic carbocycles. The van der Waals surface area contributed by atoms with Gasteiger partial charge in [-0.05, 0) is 0 Å². The molecule has 0 aliphatic rings. The van der Waals surface area contributed by atoms with E-state index < -0.39 is 24.5 Å². The molecule has 0 rings (SSSR count). The van der Waals surface area contributed by atoms with Crippen molar-refractivity contribution in [2.24, 2.45) is 0 Å². The SMILES string of the molecule is CC(=O)S.O=C(O)CC(O)C(=O)O. The van der Waals surface area contributed by atoms with Crippen LogP contribution in [0.1, 0.15) is 13.3 Å². The Morgan fingerprint density at radius 1 is 1.31 bits per heavy atom. The minimum atomic E-state index is -1.79. The highest BCUT2D eigenvalue weighted by molar-refractivity contribution is 7.96. The topological polar surface area (TPSA) is 112 Å². The third kappa shape index (κ3) is 18.1. The highest BCUT2D eigenvalue weighted by Gasteiger charge is 2.16. The molecule has 13 heavy (non-hydrogen) atoms. The number of hydrogen-bond acceptors (Lipinski definition) is 4. The first-order valence-corrected chi connectivity index (χ1v) is 3.54. The van der Waals surface area contributed by atoms with E-state index in [9.17, 15) is 14.4 Å². The van der Waals surface area contributed by atoms with Crippen LogP contribution in [0.5, 0.6) is 0 Å². The van der Waals surface area contributed by atoms with E-state index in [1.807, 2.05) is 0 Å². The lowest BCUT2D eigenvalue weighted by Crippen LogP contribution is -2.22. The van der Waals surface area contributed by atoms with Crippen LogP contribution in [-0.4, -0.2) is 38.5 Å². The van der Waals surface area contributed by atoms with Gasteiger partial charge in [-0.25, -0.2) is 4.79 Å². The third-order valence-electron chi connectivity index (χ3n) is 0.653. The van der Waals surface area contributed by atoms with Crippen molar-refractivity contribution >= 4 is 29.7 Å². The predicted octanol–water partition coefficient (Wildman–Crippen LogP) is -0.631. The largest absolute Gasteiger partial charge is 0.481 e. The zero-order valence-corrected chi connectivity index (χ0v) is 7.69. The van der Waals surface area contributed by atoms with Crippen molar-refractivity contribution in [3.05, 3.63) is 0 Å². The molecule has 0 aromatic heterocycles. The van der Waals surface area contributed by atoms with Gasteiger partial charge < -0.3 is 15.3 Å². The summed E-state index contributed by atoms with van der Waals surface area (Å²) in [6, 6.07) is 0. The first-order valence-electron chi connectivity index (χ1n) is 3.09. The van der Waals surface area contributed by atoms with Gasteiger partial charge in [-0.3, -0.25) is 9.59 Å². The Labute approximate surface area is 79.6 Å². The monoisotopic (exact) mass is 210 g/mol. The van der Waals surface area contributed by atoms with Crippen molar-refractivity contribution in [3.63, 3.8) is 0 Å². The Bertz CT molecular complexity index is 197. The molecule has 0 saturated heterocycles. The minimum absolute atomic E-state index is 0.139. The summed E-state index contributed by atoms with van der Waals surface area (Å²) in [7, 11) is 0. The second-order valence-electron chi connectivity index (χ2n) is 1.97. The number of aliphatic carboxylic acids is 2. The average Bonchev–Trinajstić information content (AvgIpc) is 1.83. The predicted molar refractivity (Wildman–Crippen MR) is 45.6 cm³/mol. The quantitative estimate of drug-likeness (QED) is 0.461. The lowest BCUT2D eigenvalue weighted by Gasteiger charge is -1.97. The van der Waals surface area contributed by atoms with Crippen molar-refractivity contribution in [1.82, 2.24) is 0 Å². The molecule has 0 aliphatic carbocycles. The molecule has 7 heteroatoms. The highest BCUT2D eigenvalue weighted by atomic mass is 32.1. The van der Waals surface area contributed by atoms with Gasteiger partial charge in [0.25, 0.3) is 0 Å². The molecular weight excluding hydrogens is 200 g/mol. The van der Waals surface area contributed by atoms with Crippen LogP contribution in [-0.2, 0) is 14.4 Å². The van der Waals surface area contributed by atoms with Crippen LogP contribution in [0, 0.1) is 0 Å². The van der Waals surface area contributed by atoms with Crippen molar-refractivity contribution in [1.29, 1.82) is 0 Å². The Hall–Kier alpha value is -1.08. The lowest BCUT2D eigenvalue weighted by molar-refractivity contribution is -0.152. The molecular formula is C6H10O6S. The number of aliphatic hydroxyl groups excluding tert-OH is 1. The molecule has 0 saturated carbocycles. The molecule has 0 radical (unpaired) electrons. The number of rotatable bonds is 3. The smallest absolute Gasteiger partial charge is 0.333 e. The molecule has 0 heterocycles. The van der Waals surface area contributed by atoms with E-state index in [1.165, 1.54) is 6.92 Å². The van der Waals surface area contributed by atoms with Crippen LogP contribution >= 0.6 is 12.6 Å². The van der Waals surface area contributed by atoms with E-state index in [4.69, 9.17) is 15.3 Å². The van der Waals surface area contributed by atoms with Crippen molar-refractivity contribution in [2.45, 2.75) is 19.4 Å². The maximum atomic E-state index is 9.72. The molecule has 0 fully saturated rings. The molecule has 0 aromatic rings. The van der Waals surface area contributed by atoms with E-state index in [1.54, 1.807) is 0 Å². The van der Waals surface area contributed by atoms with Crippen LogP contribution in [0.25, 0.3) is 0 Å². The van der Waals surface area contributed by atoms with Gasteiger partial charge in [0, 0.05) is 6.92 Å². The Morgan fingerprint density at radius 3 is 1.69 bits per heavy atom. The van der Waals surface area contributed by atoms with Crippen LogP contribution in [0.2, 0.25) is 0 Å². The van der Waals surface area contributed by atoms with Gasteiger partial charge >= 0.3 is 11.9 Å². The summed E-state index contributed by atoms with van der Waals surface area (Å²) in [6.07, 6.45) is -2.54. The van der Waals surface area contributed by atoms with Gasteiger partial charge in [-0.15, -0.1) is 12.6 Å². The van der Waals surface area contributed by atoms with E-state index in [-0.39, 0.29) is 5.12 Å². The summed E-state index contributed by atoms with van der Waals surface area (Å²) >= 11 is 3.33. The summed E-state index contributed by atoms with van der Waals surface area (Å²) in [5, 5.41) is 24.0. The van der Waals surface area contributed by atoms with E-state index >= 15 is 0 Å². The molecule has 0 aliphatic heterocycles. The van der Waals surface area contributed by atoms with Crippen LogP contribution < -0.4 is 0 Å². The second-order valence-corrected chi connectivity index (χ2v) is 2.60. The van der Waals surface area contributed by atoms with E-state index in [0.717, 1.165) is 0 Å². The Morgan fingerprint density at radius 2 is 1.62 bits per heavy atom. The summed E-state index contributed by atoms with van der Waals surface area (Å²) in [5.74, 6) is -2.85. The highest BCUT2D eigenvalue weighted by Crippen LogP contribution is 1.89. The van der Waals surface area contributed by atoms with Crippen molar-refractivity contribution < 1.29 is 29.7 Å². The number of hydrogen-bond donors (Lipinski definition) is 4. The number of carbonyl (C=O) groups is 3. The molecule has 1 atom stereocenters. The number of carboxylic acids is 2. The summed E-state index contributed by atoms with van der Waals surface area (Å²) < 4.78 is 0. The van der Waals surface area contributed by atoms with Crippen molar-refractivity contribution in [3.8, 4) is 0 Å². The van der Waals surface area contributed by atoms with Gasteiger partial charge in [0.05, 0.1) is 6.42 Å². The molecule has 3 N–H and O–H groups in total. The van der Waals surface area contributed by atoms with Gasteiger partial charge in [-0.2, -0.15) is 0 Å². The Balaban J connectivity index is 0. The molecule has 6 nitrogen and oxygen atoms in total. The van der Waals surface area contributed by atoms with E-state index in [0.29, 0.717) is 0 Å². The molecule has 1 unspecified atom stereocenters. The van der Waals surface area contributed by atoms with Crippen LogP contribution in [0.3, 0.4) is 0 Å². The van der Waals surface area contributed by atoms with Gasteiger partial charge in [0.2, 0.25) is 0 Å². The average molecular weight is 210 g/mol. The molecule has 0 bridgehead atoms. The maximum Gasteiger partial charge on any atom is 0.333 e. The lowest BCUT2D eigenvalue weighted by atomic mass is 10.3. The van der Waals surface area contributed by atoms with Crippen LogP contribution in [0.15, 0.2) is 0 Å².